The fourth-order valence-electron chi connectivity index (χ4n) is 2.97. The third-order valence-electron chi connectivity index (χ3n) is 4.71. The summed E-state index contributed by atoms with van der Waals surface area (Å²) in [4.78, 5) is 35.3. The fourth-order valence-corrected chi connectivity index (χ4v) is 2.97. The second-order valence-corrected chi connectivity index (χ2v) is 7.72. The second kappa shape index (κ2) is 14.0. The molecule has 3 N–H and O–H groups in total. The fraction of sp³-hybridized carbons (Fsp3) is 0.500. The quantitative estimate of drug-likeness (QED) is 0.261. The molecule has 0 saturated heterocycles. The molecule has 3 amide bonds. The Balaban J connectivity index is 2.15. The largest absolute Gasteiger partial charge is 0.491 e. The molecule has 1 aromatic carbocycles. The summed E-state index contributed by atoms with van der Waals surface area (Å²) in [5.41, 5.74) is 0.212. The standard InChI is InChI=1S/C22H28F4N6O4/c1-15(33)27-9-10-28-21(35)17-13-32(31-30-17)18-7-6-16(20(34)29-14-22(24,25)26)12-19(18)36-11-5-3-2-4-8-23/h6-7,12-13H,2-5,8-11,14H2,1H3,(H,27,33)(H,28,35)(H,29,34). The number of ether oxygens (including phenoxy) is 1. The van der Waals surface area contributed by atoms with Crippen LogP contribution in [0.4, 0.5) is 17.6 Å². The highest BCUT2D eigenvalue weighted by Crippen LogP contribution is 2.25. The highest BCUT2D eigenvalue weighted by atomic mass is 19.4. The molecule has 0 aliphatic rings. The van der Waals surface area contributed by atoms with E-state index in [2.05, 4.69) is 20.9 Å². The first-order valence-corrected chi connectivity index (χ1v) is 11.2. The van der Waals surface area contributed by atoms with Crippen molar-refractivity contribution in [2.75, 3.05) is 32.9 Å². The van der Waals surface area contributed by atoms with Gasteiger partial charge < -0.3 is 20.7 Å². The number of carbonyl (C=O) groups excluding carboxylic acids is 3. The number of alkyl halides is 4. The lowest BCUT2D eigenvalue weighted by Gasteiger charge is -2.14. The molecule has 36 heavy (non-hydrogen) atoms. The van der Waals surface area contributed by atoms with Crippen LogP contribution in [0.1, 0.15) is 53.5 Å². The summed E-state index contributed by atoms with van der Waals surface area (Å²) in [5.74, 6) is -1.57. The van der Waals surface area contributed by atoms with Crippen LogP contribution in [0, 0.1) is 0 Å². The number of aromatic nitrogens is 3. The van der Waals surface area contributed by atoms with Crippen LogP contribution in [-0.4, -0.2) is 71.8 Å². The van der Waals surface area contributed by atoms with E-state index in [1.165, 1.54) is 36.0 Å². The van der Waals surface area contributed by atoms with Crippen molar-refractivity contribution in [3.8, 4) is 11.4 Å². The second-order valence-electron chi connectivity index (χ2n) is 7.72. The van der Waals surface area contributed by atoms with E-state index in [0.717, 1.165) is 0 Å². The summed E-state index contributed by atoms with van der Waals surface area (Å²) in [6.45, 7) is 0.0675. The van der Waals surface area contributed by atoms with Gasteiger partial charge in [-0.2, -0.15) is 13.2 Å². The van der Waals surface area contributed by atoms with Crippen LogP contribution in [0.15, 0.2) is 24.4 Å². The first-order chi connectivity index (χ1) is 17.1. The van der Waals surface area contributed by atoms with Gasteiger partial charge in [-0.15, -0.1) is 5.10 Å². The minimum Gasteiger partial charge on any atom is -0.491 e. The summed E-state index contributed by atoms with van der Waals surface area (Å²) >= 11 is 0. The smallest absolute Gasteiger partial charge is 0.405 e. The van der Waals surface area contributed by atoms with Crippen molar-refractivity contribution < 1.29 is 36.7 Å². The summed E-state index contributed by atoms with van der Waals surface area (Å²) in [7, 11) is 0. The van der Waals surface area contributed by atoms with E-state index in [9.17, 15) is 31.9 Å². The number of amides is 3. The lowest BCUT2D eigenvalue weighted by Crippen LogP contribution is -2.33. The van der Waals surface area contributed by atoms with Crippen LogP contribution in [0.25, 0.3) is 5.69 Å². The van der Waals surface area contributed by atoms with Gasteiger partial charge in [0.2, 0.25) is 5.91 Å². The van der Waals surface area contributed by atoms with Gasteiger partial charge in [-0.05, 0) is 37.5 Å². The summed E-state index contributed by atoms with van der Waals surface area (Å²) < 4.78 is 56.6. The van der Waals surface area contributed by atoms with Gasteiger partial charge in [-0.3, -0.25) is 18.8 Å². The molecule has 0 spiro atoms. The Hall–Kier alpha value is -3.71. The highest BCUT2D eigenvalue weighted by Gasteiger charge is 2.28. The van der Waals surface area contributed by atoms with Crippen molar-refractivity contribution in [1.82, 2.24) is 30.9 Å². The van der Waals surface area contributed by atoms with Crippen LogP contribution in [0.2, 0.25) is 0 Å². The van der Waals surface area contributed by atoms with Crippen LogP contribution in [0.3, 0.4) is 0 Å². The van der Waals surface area contributed by atoms with E-state index in [-0.39, 0.29) is 42.6 Å². The highest BCUT2D eigenvalue weighted by molar-refractivity contribution is 5.95. The molecule has 0 aliphatic carbocycles. The molecule has 0 unspecified atom stereocenters. The molecular weight excluding hydrogens is 488 g/mol. The topological polar surface area (TPSA) is 127 Å². The zero-order valence-electron chi connectivity index (χ0n) is 19.7. The number of halogens is 4. The van der Waals surface area contributed by atoms with Crippen molar-refractivity contribution in [3.63, 3.8) is 0 Å². The van der Waals surface area contributed by atoms with Crippen molar-refractivity contribution in [2.45, 2.75) is 38.8 Å². The molecule has 2 aromatic rings. The van der Waals surface area contributed by atoms with Crippen molar-refractivity contribution in [1.29, 1.82) is 0 Å². The van der Waals surface area contributed by atoms with Gasteiger partial charge in [0.15, 0.2) is 5.69 Å². The Morgan fingerprint density at radius 3 is 2.42 bits per heavy atom. The zero-order valence-corrected chi connectivity index (χ0v) is 19.7. The average molecular weight is 516 g/mol. The van der Waals surface area contributed by atoms with E-state index in [1.807, 2.05) is 0 Å². The van der Waals surface area contributed by atoms with Gasteiger partial charge >= 0.3 is 6.18 Å². The van der Waals surface area contributed by atoms with E-state index in [4.69, 9.17) is 4.74 Å². The number of rotatable bonds is 14. The van der Waals surface area contributed by atoms with E-state index < -0.39 is 31.2 Å². The molecule has 14 heteroatoms. The first kappa shape index (κ1) is 28.5. The molecule has 10 nitrogen and oxygen atoms in total. The van der Waals surface area contributed by atoms with Gasteiger partial charge in [0.25, 0.3) is 11.8 Å². The predicted octanol–water partition coefficient (Wildman–Crippen LogP) is 2.33. The summed E-state index contributed by atoms with van der Waals surface area (Å²) in [6, 6.07) is 3.98. The lowest BCUT2D eigenvalue weighted by atomic mass is 10.1. The van der Waals surface area contributed by atoms with Gasteiger partial charge in [0.1, 0.15) is 18.0 Å². The Morgan fingerprint density at radius 2 is 1.72 bits per heavy atom. The molecule has 0 saturated carbocycles. The molecular formula is C22H28F4N6O4. The van der Waals surface area contributed by atoms with Crippen molar-refractivity contribution in [3.05, 3.63) is 35.7 Å². The number of hydrogen-bond acceptors (Lipinski definition) is 6. The number of hydrogen-bond donors (Lipinski definition) is 3. The third kappa shape index (κ3) is 9.88. The minimum atomic E-state index is -4.56. The number of benzene rings is 1. The average Bonchev–Trinajstić information content (AvgIpc) is 3.32. The molecule has 0 bridgehead atoms. The van der Waals surface area contributed by atoms with Crippen molar-refractivity contribution in [2.24, 2.45) is 0 Å². The van der Waals surface area contributed by atoms with Crippen LogP contribution < -0.4 is 20.7 Å². The van der Waals surface area contributed by atoms with Gasteiger partial charge in [0, 0.05) is 25.6 Å². The Labute approximate surface area is 204 Å². The number of nitrogens with zero attached hydrogens (tertiary/aromatic N) is 3. The normalized spacial score (nSPS) is 11.1. The van der Waals surface area contributed by atoms with Gasteiger partial charge in [-0.25, -0.2) is 4.68 Å². The number of unbranched alkanes of at least 4 members (excludes halogenated alkanes) is 3. The summed E-state index contributed by atoms with van der Waals surface area (Å²) in [6.07, 6.45) is -0.833. The summed E-state index contributed by atoms with van der Waals surface area (Å²) in [5, 5.41) is 14.6. The maximum absolute atomic E-state index is 12.5. The minimum absolute atomic E-state index is 0.0259. The Kier molecular flexibility index (Phi) is 11.1. The maximum atomic E-state index is 12.5. The molecule has 0 fully saturated rings. The molecule has 0 atom stereocenters. The third-order valence-corrected chi connectivity index (χ3v) is 4.71. The Bertz CT molecular complexity index is 1030. The maximum Gasteiger partial charge on any atom is 0.405 e. The molecule has 2 rings (SSSR count). The molecule has 1 aromatic heterocycles. The SMILES string of the molecule is CC(=O)NCCNC(=O)c1cn(-c2ccc(C(=O)NCC(F)(F)F)cc2OCCCCCCF)nn1. The lowest BCUT2D eigenvalue weighted by molar-refractivity contribution is -0.123. The Morgan fingerprint density at radius 1 is 1.00 bits per heavy atom. The van der Waals surface area contributed by atoms with Gasteiger partial charge in [-0.1, -0.05) is 11.6 Å². The van der Waals surface area contributed by atoms with E-state index >= 15 is 0 Å². The number of nitrogens with one attached hydrogen (secondary N) is 3. The zero-order chi connectivity index (χ0) is 26.6. The van der Waals surface area contributed by atoms with E-state index in [0.29, 0.717) is 31.4 Å². The van der Waals surface area contributed by atoms with Crippen LogP contribution in [-0.2, 0) is 4.79 Å². The molecule has 0 aliphatic heterocycles. The monoisotopic (exact) mass is 516 g/mol. The molecule has 198 valence electrons. The van der Waals surface area contributed by atoms with Gasteiger partial charge in [0.05, 0.1) is 19.5 Å². The first-order valence-electron chi connectivity index (χ1n) is 11.2. The number of carbonyl (C=O) groups is 3. The van der Waals surface area contributed by atoms with Crippen LogP contribution >= 0.6 is 0 Å². The van der Waals surface area contributed by atoms with E-state index in [1.54, 1.807) is 5.32 Å². The van der Waals surface area contributed by atoms with Crippen LogP contribution in [0.5, 0.6) is 5.75 Å². The predicted molar refractivity (Wildman–Crippen MR) is 121 cm³/mol. The molecule has 1 heterocycles. The van der Waals surface area contributed by atoms with Crippen molar-refractivity contribution >= 4 is 17.7 Å². The molecule has 0 radical (unpaired) electrons.